The normalized spacial score (nSPS) is 24.9. The standard InChI is InChI=1S/C22H31N3O2S/c1-25-14-10-18(11-15-25)27-17-8-6-16(7-9-17)21(28)19-4-2-3-5-20(19)22(26)24-13-12-23/h6-9,18-21,28H,2-5,10-11,13-15H2,1H3,(H,24,26)/t19-,20-,21?/m0/s1. The molecular weight excluding hydrogens is 370 g/mol. The number of carbonyl (C=O) groups excluding carboxylic acids is 1. The molecule has 0 aromatic heterocycles. The molecule has 6 heteroatoms. The van der Waals surface area contributed by atoms with Gasteiger partial charge in [-0.25, -0.2) is 0 Å². The number of nitriles is 1. The summed E-state index contributed by atoms with van der Waals surface area (Å²) in [6, 6.07) is 10.2. The van der Waals surface area contributed by atoms with Crippen LogP contribution in [0.15, 0.2) is 24.3 Å². The first kappa shape index (κ1) is 21.0. The van der Waals surface area contributed by atoms with E-state index in [1.54, 1.807) is 0 Å². The number of likely N-dealkylation sites (tertiary alicyclic amines) is 1. The summed E-state index contributed by atoms with van der Waals surface area (Å²) in [5.74, 6) is 1.02. The van der Waals surface area contributed by atoms with Gasteiger partial charge in [0.2, 0.25) is 5.91 Å². The quantitative estimate of drug-likeness (QED) is 0.565. The molecule has 0 radical (unpaired) electrons. The molecule has 2 fully saturated rings. The fourth-order valence-electron chi connectivity index (χ4n) is 4.41. The summed E-state index contributed by atoms with van der Waals surface area (Å²) in [6.07, 6.45) is 6.47. The van der Waals surface area contributed by atoms with E-state index in [4.69, 9.17) is 22.6 Å². The minimum absolute atomic E-state index is 0.00693. The van der Waals surface area contributed by atoms with Gasteiger partial charge in [-0.1, -0.05) is 25.0 Å². The van der Waals surface area contributed by atoms with Crippen molar-refractivity contribution in [1.82, 2.24) is 10.2 Å². The van der Waals surface area contributed by atoms with Crippen LogP contribution in [0.3, 0.4) is 0 Å². The van der Waals surface area contributed by atoms with Crippen LogP contribution >= 0.6 is 12.6 Å². The van der Waals surface area contributed by atoms with E-state index in [9.17, 15) is 4.79 Å². The van der Waals surface area contributed by atoms with E-state index in [2.05, 4.69) is 29.4 Å². The number of piperidine rings is 1. The van der Waals surface area contributed by atoms with Gasteiger partial charge in [0.1, 0.15) is 18.4 Å². The number of nitrogens with zero attached hydrogens (tertiary/aromatic N) is 2. The number of amides is 1. The van der Waals surface area contributed by atoms with Crippen LogP contribution in [0.1, 0.15) is 49.3 Å². The Bertz CT molecular complexity index is 680. The number of benzene rings is 1. The lowest BCUT2D eigenvalue weighted by molar-refractivity contribution is -0.127. The van der Waals surface area contributed by atoms with Gasteiger partial charge in [0, 0.05) is 24.3 Å². The molecule has 3 atom stereocenters. The highest BCUT2D eigenvalue weighted by molar-refractivity contribution is 7.80. The summed E-state index contributed by atoms with van der Waals surface area (Å²) in [5.41, 5.74) is 1.13. The molecule has 1 aliphatic carbocycles. The van der Waals surface area contributed by atoms with Crippen LogP contribution in [0.5, 0.6) is 5.75 Å². The number of ether oxygens (including phenoxy) is 1. The third-order valence-corrected chi connectivity index (χ3v) is 6.77. The molecule has 0 bridgehead atoms. The Kier molecular flexibility index (Phi) is 7.64. The highest BCUT2D eigenvalue weighted by atomic mass is 32.1. The molecule has 3 rings (SSSR count). The topological polar surface area (TPSA) is 65.4 Å². The number of nitrogens with one attached hydrogen (secondary N) is 1. The second-order valence-electron chi connectivity index (χ2n) is 8.07. The van der Waals surface area contributed by atoms with Crippen molar-refractivity contribution in [2.75, 3.05) is 26.7 Å². The summed E-state index contributed by atoms with van der Waals surface area (Å²) in [7, 11) is 2.15. The summed E-state index contributed by atoms with van der Waals surface area (Å²) in [6.45, 7) is 2.24. The third kappa shape index (κ3) is 5.42. The molecular formula is C22H31N3O2S. The molecule has 1 heterocycles. The molecule has 2 aliphatic rings. The van der Waals surface area contributed by atoms with Gasteiger partial charge in [-0.2, -0.15) is 17.9 Å². The number of carbonyl (C=O) groups is 1. The monoisotopic (exact) mass is 401 g/mol. The molecule has 1 aromatic carbocycles. The van der Waals surface area contributed by atoms with Gasteiger partial charge in [0.15, 0.2) is 0 Å². The second-order valence-corrected chi connectivity index (χ2v) is 8.62. The first-order valence-electron chi connectivity index (χ1n) is 10.4. The van der Waals surface area contributed by atoms with Crippen LogP contribution in [-0.2, 0) is 4.79 Å². The van der Waals surface area contributed by atoms with Gasteiger partial charge >= 0.3 is 0 Å². The predicted octanol–water partition coefficient (Wildman–Crippen LogP) is 3.58. The minimum atomic E-state index is -0.0697. The van der Waals surface area contributed by atoms with Crippen molar-refractivity contribution in [2.24, 2.45) is 11.8 Å². The Morgan fingerprint density at radius 1 is 1.25 bits per heavy atom. The highest BCUT2D eigenvalue weighted by Crippen LogP contribution is 2.42. The molecule has 1 saturated heterocycles. The largest absolute Gasteiger partial charge is 0.490 e. The van der Waals surface area contributed by atoms with Crippen molar-refractivity contribution in [1.29, 1.82) is 5.26 Å². The molecule has 28 heavy (non-hydrogen) atoms. The van der Waals surface area contributed by atoms with E-state index in [0.717, 1.165) is 62.9 Å². The van der Waals surface area contributed by atoms with E-state index >= 15 is 0 Å². The van der Waals surface area contributed by atoms with Gasteiger partial charge in [-0.15, -0.1) is 0 Å². The molecule has 1 saturated carbocycles. The van der Waals surface area contributed by atoms with Crippen molar-refractivity contribution >= 4 is 18.5 Å². The molecule has 1 unspecified atom stereocenters. The first-order chi connectivity index (χ1) is 13.6. The van der Waals surface area contributed by atoms with Crippen LogP contribution in [0, 0.1) is 23.2 Å². The molecule has 5 nitrogen and oxygen atoms in total. The van der Waals surface area contributed by atoms with Crippen molar-refractivity contribution < 1.29 is 9.53 Å². The lowest BCUT2D eigenvalue weighted by Gasteiger charge is -2.34. The fourth-order valence-corrected chi connectivity index (χ4v) is 4.94. The average Bonchev–Trinajstić information content (AvgIpc) is 2.73. The summed E-state index contributed by atoms with van der Waals surface area (Å²) < 4.78 is 6.14. The van der Waals surface area contributed by atoms with E-state index in [0.29, 0.717) is 6.10 Å². The van der Waals surface area contributed by atoms with Crippen LogP contribution < -0.4 is 10.1 Å². The van der Waals surface area contributed by atoms with Crippen molar-refractivity contribution in [3.63, 3.8) is 0 Å². The van der Waals surface area contributed by atoms with Crippen molar-refractivity contribution in [2.45, 2.75) is 49.9 Å². The lowest BCUT2D eigenvalue weighted by atomic mass is 9.75. The Morgan fingerprint density at radius 2 is 1.93 bits per heavy atom. The maximum Gasteiger partial charge on any atom is 0.224 e. The molecule has 1 aromatic rings. The molecule has 1 N–H and O–H groups in total. The Morgan fingerprint density at radius 3 is 2.61 bits per heavy atom. The van der Waals surface area contributed by atoms with Crippen LogP contribution in [-0.4, -0.2) is 43.6 Å². The van der Waals surface area contributed by atoms with Crippen LogP contribution in [0.25, 0.3) is 0 Å². The zero-order chi connectivity index (χ0) is 19.9. The van der Waals surface area contributed by atoms with Gasteiger partial charge in [0.05, 0.1) is 6.07 Å². The van der Waals surface area contributed by atoms with Gasteiger partial charge in [-0.05, 0) is 56.3 Å². The average molecular weight is 402 g/mol. The Labute approximate surface area is 173 Å². The predicted molar refractivity (Wildman–Crippen MR) is 113 cm³/mol. The summed E-state index contributed by atoms with van der Waals surface area (Å²) in [5, 5.41) is 11.5. The van der Waals surface area contributed by atoms with Crippen LogP contribution in [0.4, 0.5) is 0 Å². The third-order valence-electron chi connectivity index (χ3n) is 6.09. The first-order valence-corrected chi connectivity index (χ1v) is 10.9. The zero-order valence-corrected chi connectivity index (χ0v) is 17.5. The minimum Gasteiger partial charge on any atom is -0.490 e. The fraction of sp³-hybridized carbons (Fsp3) is 0.636. The van der Waals surface area contributed by atoms with E-state index in [-0.39, 0.29) is 29.5 Å². The maximum absolute atomic E-state index is 12.5. The molecule has 0 spiro atoms. The Hall–Kier alpha value is -1.71. The van der Waals surface area contributed by atoms with Gasteiger partial charge < -0.3 is 15.0 Å². The highest BCUT2D eigenvalue weighted by Gasteiger charge is 2.35. The number of hydrogen-bond acceptors (Lipinski definition) is 5. The summed E-state index contributed by atoms with van der Waals surface area (Å²) in [4.78, 5) is 14.8. The zero-order valence-electron chi connectivity index (χ0n) is 16.6. The molecule has 152 valence electrons. The van der Waals surface area contributed by atoms with Gasteiger partial charge in [-0.3, -0.25) is 4.79 Å². The summed E-state index contributed by atoms with van der Waals surface area (Å²) >= 11 is 4.89. The van der Waals surface area contributed by atoms with Crippen molar-refractivity contribution in [3.8, 4) is 11.8 Å². The number of thiol groups is 1. The second kappa shape index (κ2) is 10.2. The van der Waals surface area contributed by atoms with E-state index < -0.39 is 0 Å². The lowest BCUT2D eigenvalue weighted by Crippen LogP contribution is -2.38. The van der Waals surface area contributed by atoms with E-state index in [1.165, 1.54) is 0 Å². The SMILES string of the molecule is CN1CCC(Oc2ccc(C(S)[C@H]3CCCC[C@@H]3C(=O)NCC#N)cc2)CC1. The maximum atomic E-state index is 12.5. The molecule has 1 amide bonds. The Balaban J connectivity index is 1.61. The van der Waals surface area contributed by atoms with Gasteiger partial charge in [0.25, 0.3) is 0 Å². The van der Waals surface area contributed by atoms with E-state index in [1.807, 2.05) is 18.2 Å². The van der Waals surface area contributed by atoms with Crippen LogP contribution in [0.2, 0.25) is 0 Å². The van der Waals surface area contributed by atoms with Crippen molar-refractivity contribution in [3.05, 3.63) is 29.8 Å². The number of rotatable bonds is 6. The number of hydrogen-bond donors (Lipinski definition) is 2. The molecule has 1 aliphatic heterocycles. The smallest absolute Gasteiger partial charge is 0.224 e.